The Balaban J connectivity index is 2.77. The van der Waals surface area contributed by atoms with Crippen molar-refractivity contribution in [2.75, 3.05) is 13.7 Å². The summed E-state index contributed by atoms with van der Waals surface area (Å²) in [7, 11) is 1.67. The molecule has 3 heteroatoms. The van der Waals surface area contributed by atoms with Gasteiger partial charge in [0.25, 0.3) is 0 Å². The lowest BCUT2D eigenvalue weighted by molar-refractivity contribution is 0.312. The molecule has 0 bridgehead atoms. The molecule has 3 nitrogen and oxygen atoms in total. The standard InChI is InChI=1S/C17H27NO2/c1-13(2)9-10-20-16-11-15(19-6)8-7-14(16)12-18-17(3,4)5/h7-8,11,18H,1,9-10,12H2,2-6H3. The third kappa shape index (κ3) is 6.11. The molecule has 0 fully saturated rings. The third-order valence-corrected chi connectivity index (χ3v) is 2.87. The summed E-state index contributed by atoms with van der Waals surface area (Å²) in [5, 5.41) is 3.48. The molecule has 0 spiro atoms. The molecule has 0 saturated heterocycles. The Morgan fingerprint density at radius 2 is 2.00 bits per heavy atom. The molecule has 0 radical (unpaired) electrons. The summed E-state index contributed by atoms with van der Waals surface area (Å²) >= 11 is 0. The van der Waals surface area contributed by atoms with Crippen LogP contribution in [0.1, 0.15) is 39.7 Å². The van der Waals surface area contributed by atoms with Crippen molar-refractivity contribution in [1.82, 2.24) is 5.32 Å². The van der Waals surface area contributed by atoms with E-state index in [9.17, 15) is 0 Å². The van der Waals surface area contributed by atoms with Crippen molar-refractivity contribution in [3.63, 3.8) is 0 Å². The van der Waals surface area contributed by atoms with Crippen molar-refractivity contribution in [2.45, 2.75) is 46.2 Å². The molecule has 1 aromatic carbocycles. The first-order valence-electron chi connectivity index (χ1n) is 7.01. The second-order valence-electron chi connectivity index (χ2n) is 6.13. The lowest BCUT2D eigenvalue weighted by atomic mass is 10.1. The summed E-state index contributed by atoms with van der Waals surface area (Å²) < 4.78 is 11.1. The molecule has 1 aromatic rings. The highest BCUT2D eigenvalue weighted by molar-refractivity contribution is 5.40. The molecule has 1 N–H and O–H groups in total. The first kappa shape index (κ1) is 16.6. The number of nitrogens with one attached hydrogen (secondary N) is 1. The zero-order chi connectivity index (χ0) is 15.2. The largest absolute Gasteiger partial charge is 0.497 e. The van der Waals surface area contributed by atoms with E-state index in [1.807, 2.05) is 25.1 Å². The summed E-state index contributed by atoms with van der Waals surface area (Å²) in [5.41, 5.74) is 2.35. The van der Waals surface area contributed by atoms with Crippen LogP contribution >= 0.6 is 0 Å². The summed E-state index contributed by atoms with van der Waals surface area (Å²) in [4.78, 5) is 0. The van der Waals surface area contributed by atoms with Gasteiger partial charge < -0.3 is 14.8 Å². The Labute approximate surface area is 123 Å². The van der Waals surface area contributed by atoms with E-state index in [0.717, 1.165) is 35.6 Å². The van der Waals surface area contributed by atoms with Gasteiger partial charge in [-0.15, -0.1) is 6.58 Å². The molecule has 0 aliphatic rings. The molecule has 1 rings (SSSR count). The van der Waals surface area contributed by atoms with Gasteiger partial charge in [-0.2, -0.15) is 0 Å². The van der Waals surface area contributed by atoms with Gasteiger partial charge in [-0.05, 0) is 33.8 Å². The van der Waals surface area contributed by atoms with Gasteiger partial charge >= 0.3 is 0 Å². The predicted molar refractivity (Wildman–Crippen MR) is 84.5 cm³/mol. The van der Waals surface area contributed by atoms with Crippen LogP contribution in [0.25, 0.3) is 0 Å². The molecule has 0 heterocycles. The number of hydrogen-bond acceptors (Lipinski definition) is 3. The molecule has 0 saturated carbocycles. The van der Waals surface area contributed by atoms with E-state index in [1.165, 1.54) is 0 Å². The minimum absolute atomic E-state index is 0.0783. The van der Waals surface area contributed by atoms with Crippen LogP contribution in [0.5, 0.6) is 11.5 Å². The summed E-state index contributed by atoms with van der Waals surface area (Å²) in [5.74, 6) is 1.69. The van der Waals surface area contributed by atoms with E-state index in [2.05, 4.69) is 32.7 Å². The van der Waals surface area contributed by atoms with Gasteiger partial charge in [-0.25, -0.2) is 0 Å². The Bertz CT molecular complexity index is 447. The van der Waals surface area contributed by atoms with Crippen LogP contribution in [-0.4, -0.2) is 19.3 Å². The average molecular weight is 277 g/mol. The van der Waals surface area contributed by atoms with Gasteiger partial charge in [-0.1, -0.05) is 11.6 Å². The second-order valence-corrected chi connectivity index (χ2v) is 6.13. The monoisotopic (exact) mass is 277 g/mol. The Morgan fingerprint density at radius 3 is 2.55 bits per heavy atom. The normalized spacial score (nSPS) is 11.2. The predicted octanol–water partition coefficient (Wildman–Crippen LogP) is 3.93. The highest BCUT2D eigenvalue weighted by Crippen LogP contribution is 2.25. The lowest BCUT2D eigenvalue weighted by Gasteiger charge is -2.22. The van der Waals surface area contributed by atoms with Crippen molar-refractivity contribution in [3.8, 4) is 11.5 Å². The SMILES string of the molecule is C=C(C)CCOc1cc(OC)ccc1CNC(C)(C)C. The smallest absolute Gasteiger partial charge is 0.127 e. The number of hydrogen-bond donors (Lipinski definition) is 1. The van der Waals surface area contributed by atoms with Crippen LogP contribution in [0.2, 0.25) is 0 Å². The topological polar surface area (TPSA) is 30.5 Å². The Hall–Kier alpha value is -1.48. The van der Waals surface area contributed by atoms with E-state index in [1.54, 1.807) is 7.11 Å². The third-order valence-electron chi connectivity index (χ3n) is 2.87. The first-order chi connectivity index (χ1) is 9.31. The molecular formula is C17H27NO2. The quantitative estimate of drug-likeness (QED) is 0.766. The van der Waals surface area contributed by atoms with Crippen molar-refractivity contribution in [3.05, 3.63) is 35.9 Å². The van der Waals surface area contributed by atoms with Crippen LogP contribution in [0.15, 0.2) is 30.4 Å². The highest BCUT2D eigenvalue weighted by Gasteiger charge is 2.12. The zero-order valence-corrected chi connectivity index (χ0v) is 13.4. The fourth-order valence-corrected chi connectivity index (χ4v) is 1.64. The van der Waals surface area contributed by atoms with E-state index >= 15 is 0 Å². The molecule has 112 valence electrons. The molecule has 0 aromatic heterocycles. The minimum Gasteiger partial charge on any atom is -0.497 e. The second kappa shape index (κ2) is 7.34. The average Bonchev–Trinajstić information content (AvgIpc) is 2.35. The van der Waals surface area contributed by atoms with Crippen molar-refractivity contribution < 1.29 is 9.47 Å². The number of benzene rings is 1. The van der Waals surface area contributed by atoms with Crippen LogP contribution in [0, 0.1) is 0 Å². The van der Waals surface area contributed by atoms with Gasteiger partial charge in [-0.3, -0.25) is 0 Å². The molecule has 0 atom stereocenters. The minimum atomic E-state index is 0.0783. The molecule has 0 aliphatic heterocycles. The Kier molecular flexibility index (Phi) is 6.08. The molecular weight excluding hydrogens is 250 g/mol. The van der Waals surface area contributed by atoms with Gasteiger partial charge in [0.2, 0.25) is 0 Å². The zero-order valence-electron chi connectivity index (χ0n) is 13.4. The maximum Gasteiger partial charge on any atom is 0.127 e. The Morgan fingerprint density at radius 1 is 1.30 bits per heavy atom. The lowest BCUT2D eigenvalue weighted by Crippen LogP contribution is -2.35. The maximum atomic E-state index is 5.87. The van der Waals surface area contributed by atoms with Crippen molar-refractivity contribution in [2.24, 2.45) is 0 Å². The van der Waals surface area contributed by atoms with Crippen LogP contribution in [0.4, 0.5) is 0 Å². The van der Waals surface area contributed by atoms with Gasteiger partial charge in [0.05, 0.1) is 13.7 Å². The number of rotatable bonds is 7. The van der Waals surface area contributed by atoms with Crippen LogP contribution in [0.3, 0.4) is 0 Å². The van der Waals surface area contributed by atoms with E-state index < -0.39 is 0 Å². The molecule has 20 heavy (non-hydrogen) atoms. The van der Waals surface area contributed by atoms with Crippen molar-refractivity contribution in [1.29, 1.82) is 0 Å². The van der Waals surface area contributed by atoms with Crippen molar-refractivity contribution >= 4 is 0 Å². The number of methoxy groups -OCH3 is 1. The van der Waals surface area contributed by atoms with Gasteiger partial charge in [0.1, 0.15) is 11.5 Å². The van der Waals surface area contributed by atoms with E-state index in [-0.39, 0.29) is 5.54 Å². The van der Waals surface area contributed by atoms with E-state index in [0.29, 0.717) is 6.61 Å². The van der Waals surface area contributed by atoms with Gasteiger partial charge in [0.15, 0.2) is 0 Å². The molecule has 0 unspecified atom stereocenters. The van der Waals surface area contributed by atoms with E-state index in [4.69, 9.17) is 9.47 Å². The molecule has 0 amide bonds. The van der Waals surface area contributed by atoms with Gasteiger partial charge in [0, 0.05) is 30.1 Å². The highest BCUT2D eigenvalue weighted by atomic mass is 16.5. The number of ether oxygens (including phenoxy) is 2. The van der Waals surface area contributed by atoms with Crippen LogP contribution < -0.4 is 14.8 Å². The maximum absolute atomic E-state index is 5.87. The molecule has 0 aliphatic carbocycles. The fourth-order valence-electron chi connectivity index (χ4n) is 1.64. The first-order valence-corrected chi connectivity index (χ1v) is 7.01. The fraction of sp³-hybridized carbons (Fsp3) is 0.529. The summed E-state index contributed by atoms with van der Waals surface area (Å²) in [6.07, 6.45) is 0.864. The van der Waals surface area contributed by atoms with Crippen LogP contribution in [-0.2, 0) is 6.54 Å². The summed E-state index contributed by atoms with van der Waals surface area (Å²) in [6.45, 7) is 13.8. The summed E-state index contributed by atoms with van der Waals surface area (Å²) in [6, 6.07) is 5.96.